The molecule has 5 rings (SSSR count). The average Bonchev–Trinajstić information content (AvgIpc) is 2.74. The van der Waals surface area contributed by atoms with E-state index in [-0.39, 0.29) is 10.8 Å². The molecule has 3 saturated carbocycles. The molecule has 100 valence electrons. The molecule has 0 aromatic rings. The number of carbonyl (C=O) groups excluding carboxylic acids is 1. The van der Waals surface area contributed by atoms with Gasteiger partial charge in [0, 0.05) is 22.3 Å². The van der Waals surface area contributed by atoms with Crippen molar-refractivity contribution in [2.75, 3.05) is 0 Å². The Morgan fingerprint density at radius 1 is 1.11 bits per heavy atom. The first-order valence-corrected chi connectivity index (χ1v) is 8.69. The second-order valence-electron chi connectivity index (χ2n) is 7.65. The number of Topliss-reactive ketones (excluding diaryl/α,β-unsaturated/α-hetero) is 1. The highest BCUT2D eigenvalue weighted by Crippen LogP contribution is 2.70. The maximum absolute atomic E-state index is 12.7. The smallest absolute Gasteiger partial charge is 0.140 e. The molecule has 0 radical (unpaired) electrons. The van der Waals surface area contributed by atoms with E-state index in [1.807, 2.05) is 0 Å². The van der Waals surface area contributed by atoms with Crippen LogP contribution in [0.2, 0.25) is 0 Å². The van der Waals surface area contributed by atoms with Crippen LogP contribution < -0.4 is 0 Å². The number of carbonyl (C=O) groups is 1. The lowest BCUT2D eigenvalue weighted by molar-refractivity contribution is -0.130. The van der Waals surface area contributed by atoms with Crippen LogP contribution in [-0.4, -0.2) is 16.3 Å². The van der Waals surface area contributed by atoms with Gasteiger partial charge >= 0.3 is 0 Å². The zero-order chi connectivity index (χ0) is 12.5. The van der Waals surface area contributed by atoms with Gasteiger partial charge in [-0.2, -0.15) is 11.8 Å². The fraction of sp³-hybridized carbons (Fsp3) is 0.938. The van der Waals surface area contributed by atoms with Gasteiger partial charge in [0.25, 0.3) is 0 Å². The molecule has 0 amide bonds. The molecule has 1 unspecified atom stereocenters. The summed E-state index contributed by atoms with van der Waals surface area (Å²) in [4.78, 5) is 12.7. The van der Waals surface area contributed by atoms with Crippen LogP contribution in [0.25, 0.3) is 0 Å². The van der Waals surface area contributed by atoms with Crippen LogP contribution in [0.4, 0.5) is 0 Å². The van der Waals surface area contributed by atoms with Crippen molar-refractivity contribution in [2.24, 2.45) is 22.7 Å². The average molecular weight is 264 g/mol. The Balaban J connectivity index is 1.76. The summed E-state index contributed by atoms with van der Waals surface area (Å²) < 4.78 is 0. The Morgan fingerprint density at radius 2 is 1.83 bits per heavy atom. The fourth-order valence-electron chi connectivity index (χ4n) is 5.74. The lowest BCUT2D eigenvalue weighted by atomic mass is 9.62. The van der Waals surface area contributed by atoms with Gasteiger partial charge in [-0.25, -0.2) is 0 Å². The third-order valence-electron chi connectivity index (χ3n) is 6.96. The monoisotopic (exact) mass is 264 g/mol. The van der Waals surface area contributed by atoms with Crippen LogP contribution in [0.3, 0.4) is 0 Å². The third-order valence-corrected chi connectivity index (χ3v) is 8.90. The van der Waals surface area contributed by atoms with Gasteiger partial charge in [-0.1, -0.05) is 13.8 Å². The Kier molecular flexibility index (Phi) is 2.34. The highest BCUT2D eigenvalue weighted by atomic mass is 32.2. The molecule has 2 heterocycles. The zero-order valence-electron chi connectivity index (χ0n) is 11.6. The van der Waals surface area contributed by atoms with Crippen molar-refractivity contribution in [3.63, 3.8) is 0 Å². The van der Waals surface area contributed by atoms with Crippen LogP contribution in [0.15, 0.2) is 0 Å². The van der Waals surface area contributed by atoms with Gasteiger partial charge in [0.05, 0.1) is 0 Å². The Morgan fingerprint density at radius 3 is 2.28 bits per heavy atom. The molecule has 2 saturated heterocycles. The minimum atomic E-state index is 0.0616. The summed E-state index contributed by atoms with van der Waals surface area (Å²) in [5.74, 6) is 2.17. The summed E-state index contributed by atoms with van der Waals surface area (Å²) in [7, 11) is 0. The molecule has 2 heteroatoms. The quantitative estimate of drug-likeness (QED) is 0.710. The molecule has 18 heavy (non-hydrogen) atoms. The second-order valence-corrected chi connectivity index (χ2v) is 9.10. The van der Waals surface area contributed by atoms with Gasteiger partial charge in [0.2, 0.25) is 0 Å². The summed E-state index contributed by atoms with van der Waals surface area (Å²) in [6.07, 6.45) is 9.04. The van der Waals surface area contributed by atoms with Crippen LogP contribution in [-0.2, 0) is 4.79 Å². The van der Waals surface area contributed by atoms with Gasteiger partial charge in [0.15, 0.2) is 0 Å². The highest BCUT2D eigenvalue weighted by molar-refractivity contribution is 8.00. The molecule has 5 aliphatic rings. The Labute approximate surface area is 114 Å². The van der Waals surface area contributed by atoms with Gasteiger partial charge < -0.3 is 0 Å². The van der Waals surface area contributed by atoms with Crippen molar-refractivity contribution in [3.05, 3.63) is 0 Å². The van der Waals surface area contributed by atoms with Crippen molar-refractivity contribution in [2.45, 2.75) is 69.3 Å². The van der Waals surface area contributed by atoms with E-state index in [9.17, 15) is 4.79 Å². The van der Waals surface area contributed by atoms with Crippen LogP contribution in [0.5, 0.6) is 0 Å². The first-order valence-electron chi connectivity index (χ1n) is 7.74. The number of hydrogen-bond acceptors (Lipinski definition) is 2. The van der Waals surface area contributed by atoms with Crippen molar-refractivity contribution in [3.8, 4) is 0 Å². The molecular weight excluding hydrogens is 240 g/mol. The number of rotatable bonds is 1. The Hall–Kier alpha value is 0.0200. The van der Waals surface area contributed by atoms with Crippen LogP contribution in [0, 0.1) is 22.7 Å². The predicted octanol–water partition coefficient (Wildman–Crippen LogP) is 4.06. The minimum absolute atomic E-state index is 0.0616. The summed E-state index contributed by atoms with van der Waals surface area (Å²) in [5, 5.41) is 1.54. The molecule has 4 bridgehead atoms. The van der Waals surface area contributed by atoms with E-state index >= 15 is 0 Å². The molecule has 0 aromatic heterocycles. The van der Waals surface area contributed by atoms with E-state index in [2.05, 4.69) is 25.6 Å². The lowest BCUT2D eigenvalue weighted by Crippen LogP contribution is -2.52. The highest BCUT2D eigenvalue weighted by Gasteiger charge is 2.68. The normalized spacial score (nSPS) is 53.1. The second kappa shape index (κ2) is 3.56. The Bertz CT molecular complexity index is 394. The van der Waals surface area contributed by atoms with Crippen molar-refractivity contribution >= 4 is 17.5 Å². The molecule has 1 nitrogen and oxygen atoms in total. The van der Waals surface area contributed by atoms with E-state index in [0.717, 1.165) is 17.6 Å². The van der Waals surface area contributed by atoms with Crippen molar-refractivity contribution in [1.29, 1.82) is 0 Å². The molecule has 5 fully saturated rings. The molecule has 0 N–H and O–H groups in total. The fourth-order valence-corrected chi connectivity index (χ4v) is 7.98. The van der Waals surface area contributed by atoms with Gasteiger partial charge in [0.1, 0.15) is 5.78 Å². The molecule has 0 spiro atoms. The standard InChI is InChI=1S/C16H24OS/c1-15(2)11-7-8-16(15,13(17)9-11)14-10-3-5-12(18-14)6-4-10/h10-12,14H,3-9H2,1-2H3/t10?,11-,12?,14?,16+/m1/s1. The van der Waals surface area contributed by atoms with Gasteiger partial charge in [-0.05, 0) is 55.8 Å². The molecule has 3 aliphatic carbocycles. The van der Waals surface area contributed by atoms with E-state index < -0.39 is 0 Å². The summed E-state index contributed by atoms with van der Waals surface area (Å²) in [6.45, 7) is 4.80. The van der Waals surface area contributed by atoms with Crippen LogP contribution in [0.1, 0.15) is 58.8 Å². The third kappa shape index (κ3) is 1.19. The van der Waals surface area contributed by atoms with E-state index in [4.69, 9.17) is 0 Å². The molecular formula is C16H24OS. The maximum Gasteiger partial charge on any atom is 0.140 e. The summed E-state index contributed by atoms with van der Waals surface area (Å²) in [5.41, 5.74) is 0.339. The molecule has 0 aromatic carbocycles. The predicted molar refractivity (Wildman–Crippen MR) is 75.7 cm³/mol. The largest absolute Gasteiger partial charge is 0.299 e. The SMILES string of the molecule is CC1(C)[C@@H]2CC[C@@]1(C1SC3CCC1CC3)C(=O)C2. The van der Waals surface area contributed by atoms with Crippen LogP contribution >= 0.6 is 11.8 Å². The minimum Gasteiger partial charge on any atom is -0.299 e. The van der Waals surface area contributed by atoms with Crippen molar-refractivity contribution < 1.29 is 4.79 Å². The number of ketones is 1. The zero-order valence-corrected chi connectivity index (χ0v) is 12.4. The van der Waals surface area contributed by atoms with Gasteiger partial charge in [-0.15, -0.1) is 0 Å². The van der Waals surface area contributed by atoms with E-state index in [1.165, 1.54) is 38.5 Å². The van der Waals surface area contributed by atoms with E-state index in [1.54, 1.807) is 0 Å². The van der Waals surface area contributed by atoms with Crippen molar-refractivity contribution in [1.82, 2.24) is 0 Å². The number of fused-ring (bicyclic) bond motifs is 6. The van der Waals surface area contributed by atoms with E-state index in [0.29, 0.717) is 17.0 Å². The summed E-state index contributed by atoms with van der Waals surface area (Å²) >= 11 is 2.21. The molecule has 2 aliphatic heterocycles. The first-order chi connectivity index (χ1) is 8.55. The molecule has 3 atom stereocenters. The topological polar surface area (TPSA) is 17.1 Å². The summed E-state index contributed by atoms with van der Waals surface area (Å²) in [6, 6.07) is 0. The number of thioether (sulfide) groups is 1. The van der Waals surface area contributed by atoms with Gasteiger partial charge in [-0.3, -0.25) is 4.79 Å². The number of hydrogen-bond donors (Lipinski definition) is 0. The maximum atomic E-state index is 12.7. The lowest BCUT2D eigenvalue weighted by Gasteiger charge is -2.52. The first kappa shape index (κ1) is 11.8.